The molecule has 0 saturated carbocycles. The van der Waals surface area contributed by atoms with E-state index in [4.69, 9.17) is 17.0 Å². The summed E-state index contributed by atoms with van der Waals surface area (Å²) in [6, 6.07) is 15.4. The maximum Gasteiger partial charge on any atom is 0.417 e. The molecule has 0 spiro atoms. The molecule has 298 valence electrons. The minimum absolute atomic E-state index is 0.108. The lowest BCUT2D eigenvalue weighted by Gasteiger charge is -2.39. The topological polar surface area (TPSA) is 131 Å². The van der Waals surface area contributed by atoms with Gasteiger partial charge in [-0.15, -0.1) is 0 Å². The number of rotatable bonds is 10. The molecule has 0 bridgehead atoms. The smallest absolute Gasteiger partial charge is 0.417 e. The van der Waals surface area contributed by atoms with E-state index in [1.165, 1.54) is 22.9 Å². The highest BCUT2D eigenvalue weighted by molar-refractivity contribution is 7.80. The summed E-state index contributed by atoms with van der Waals surface area (Å²) in [6.07, 6.45) is 2.26. The number of pyridine rings is 1. The maximum atomic E-state index is 13.7. The molecule has 1 N–H and O–H groups in total. The number of piperidine rings is 1. The quantitative estimate of drug-likeness (QED) is 0.218. The summed E-state index contributed by atoms with van der Waals surface area (Å²) in [7, 11) is 0. The molecule has 3 aliphatic heterocycles. The van der Waals surface area contributed by atoms with Crippen molar-refractivity contribution in [2.75, 3.05) is 68.8 Å². The van der Waals surface area contributed by atoms with Crippen LogP contribution in [0.25, 0.3) is 5.69 Å². The SMILES string of the molecule is CC1(C)C(=O)C(c2ccc(C#N)c(C(F)(F)F)c2)C(=S)N1c1ccc(OCCN2CCN(CC3CCN(c4cncc(-n5ccc(=O)[nH]c5=O)c4)CC3)CC2)cc1. The number of halogens is 3. The van der Waals surface area contributed by atoms with Crippen LogP contribution in [0.15, 0.2) is 82.8 Å². The molecule has 1 atom stereocenters. The van der Waals surface area contributed by atoms with Gasteiger partial charge in [0.1, 0.15) is 12.4 Å². The van der Waals surface area contributed by atoms with Crippen LogP contribution >= 0.6 is 12.2 Å². The van der Waals surface area contributed by atoms with Crippen LogP contribution in [0.2, 0.25) is 0 Å². The molecule has 0 radical (unpaired) electrons. The Morgan fingerprint density at radius 3 is 2.26 bits per heavy atom. The second-order valence-corrected chi connectivity index (χ2v) is 15.7. The minimum atomic E-state index is -4.75. The van der Waals surface area contributed by atoms with Crippen molar-refractivity contribution in [3.05, 3.63) is 111 Å². The molecule has 0 aliphatic carbocycles. The normalized spacial score (nSPS) is 19.5. The monoisotopic (exact) mass is 800 g/mol. The number of hydrogen-bond donors (Lipinski definition) is 1. The van der Waals surface area contributed by atoms with Crippen molar-refractivity contribution < 1.29 is 22.7 Å². The Labute approximate surface area is 333 Å². The predicted molar refractivity (Wildman–Crippen MR) is 213 cm³/mol. The number of carbonyl (C=O) groups excluding carboxylic acids is 1. The molecule has 5 heterocycles. The average Bonchev–Trinajstić information content (AvgIpc) is 3.37. The third-order valence-electron chi connectivity index (χ3n) is 11.2. The number of carbonyl (C=O) groups is 1. The standard InChI is InChI=1S/C41H43F3N8O4S/c1-40(2)37(54)36(28-3-4-29(23-45)34(21-28)41(42,43)44)38(57)52(40)30-5-7-33(8-6-30)56-20-19-48-15-17-49(18-16-48)26-27-9-12-50(13-10-27)31-22-32(25-46-24-31)51-14-11-35(53)47-39(51)55/h3-8,11,14,21-22,24-25,27,36H,9-10,12-13,15-20,26H2,1-2H3,(H,47,53,55). The Balaban J connectivity index is 0.858. The first-order valence-corrected chi connectivity index (χ1v) is 19.3. The summed E-state index contributed by atoms with van der Waals surface area (Å²) < 4.78 is 48.6. The number of ketones is 1. The van der Waals surface area contributed by atoms with Gasteiger partial charge >= 0.3 is 11.9 Å². The lowest BCUT2D eigenvalue weighted by atomic mass is 9.88. The fourth-order valence-electron chi connectivity index (χ4n) is 8.06. The van der Waals surface area contributed by atoms with E-state index in [0.717, 1.165) is 83.0 Å². The number of Topliss-reactive ketones (excluding diaryl/α,β-unsaturated/α-hetero) is 1. The number of nitriles is 1. The number of thiocarbonyl (C=S) groups is 1. The van der Waals surface area contributed by atoms with E-state index in [-0.39, 0.29) is 16.3 Å². The average molecular weight is 801 g/mol. The Hall–Kier alpha value is -5.37. The van der Waals surface area contributed by atoms with E-state index in [1.54, 1.807) is 55.3 Å². The summed E-state index contributed by atoms with van der Waals surface area (Å²) >= 11 is 5.72. The number of hydrogen-bond acceptors (Lipinski definition) is 10. The van der Waals surface area contributed by atoms with Gasteiger partial charge < -0.3 is 19.4 Å². The van der Waals surface area contributed by atoms with E-state index in [9.17, 15) is 32.8 Å². The van der Waals surface area contributed by atoms with Crippen molar-refractivity contribution in [1.82, 2.24) is 24.3 Å². The number of nitrogens with one attached hydrogen (secondary N) is 1. The molecule has 2 aromatic heterocycles. The molecule has 3 saturated heterocycles. The number of aromatic nitrogens is 3. The fourth-order valence-corrected chi connectivity index (χ4v) is 8.63. The van der Waals surface area contributed by atoms with Crippen LogP contribution in [-0.2, 0) is 11.0 Å². The molecule has 1 unspecified atom stereocenters. The Bertz CT molecular complexity index is 2290. The molecule has 3 fully saturated rings. The van der Waals surface area contributed by atoms with Crippen LogP contribution in [0.3, 0.4) is 0 Å². The largest absolute Gasteiger partial charge is 0.492 e. The van der Waals surface area contributed by atoms with Crippen LogP contribution < -0.4 is 25.8 Å². The number of anilines is 2. The zero-order valence-electron chi connectivity index (χ0n) is 31.7. The van der Waals surface area contributed by atoms with E-state index in [2.05, 4.69) is 24.7 Å². The van der Waals surface area contributed by atoms with Crippen molar-refractivity contribution in [2.45, 2.75) is 44.3 Å². The van der Waals surface area contributed by atoms with Crippen molar-refractivity contribution in [2.24, 2.45) is 5.92 Å². The Morgan fingerprint density at radius 2 is 1.60 bits per heavy atom. The van der Waals surface area contributed by atoms with Gasteiger partial charge in [-0.25, -0.2) is 4.79 Å². The number of piperazine rings is 1. The van der Waals surface area contributed by atoms with E-state index in [0.29, 0.717) is 29.6 Å². The fraction of sp³-hybridized carbons (Fsp3) is 0.415. The third-order valence-corrected chi connectivity index (χ3v) is 11.7. The molecular weight excluding hydrogens is 758 g/mol. The molecule has 0 amide bonds. The Kier molecular flexibility index (Phi) is 11.4. The molecule has 4 aromatic rings. The minimum Gasteiger partial charge on any atom is -0.492 e. The molecule has 12 nitrogen and oxygen atoms in total. The first kappa shape index (κ1) is 39.8. The van der Waals surface area contributed by atoms with Gasteiger partial charge in [-0.05, 0) is 80.6 Å². The van der Waals surface area contributed by atoms with Crippen LogP contribution in [-0.4, -0.2) is 99.6 Å². The molecule has 57 heavy (non-hydrogen) atoms. The lowest BCUT2D eigenvalue weighted by molar-refractivity contribution is -0.138. The van der Waals surface area contributed by atoms with Crippen molar-refractivity contribution in [3.63, 3.8) is 0 Å². The van der Waals surface area contributed by atoms with Crippen LogP contribution in [0.5, 0.6) is 5.75 Å². The van der Waals surface area contributed by atoms with E-state index < -0.39 is 40.0 Å². The van der Waals surface area contributed by atoms with Gasteiger partial charge in [0.2, 0.25) is 0 Å². The van der Waals surface area contributed by atoms with Crippen molar-refractivity contribution >= 4 is 34.4 Å². The second-order valence-electron chi connectivity index (χ2n) is 15.2. The summed E-state index contributed by atoms with van der Waals surface area (Å²) in [6.45, 7) is 11.4. The van der Waals surface area contributed by atoms with Crippen LogP contribution in [0, 0.1) is 17.2 Å². The second kappa shape index (κ2) is 16.2. The first-order valence-electron chi connectivity index (χ1n) is 18.9. The van der Waals surface area contributed by atoms with Gasteiger partial charge in [-0.2, -0.15) is 18.4 Å². The van der Waals surface area contributed by atoms with Crippen molar-refractivity contribution in [3.8, 4) is 17.5 Å². The highest BCUT2D eigenvalue weighted by Gasteiger charge is 2.52. The maximum absolute atomic E-state index is 13.7. The third kappa shape index (κ3) is 8.51. The van der Waals surface area contributed by atoms with Gasteiger partial charge in [-0.1, -0.05) is 18.3 Å². The molecular formula is C41H43F3N8O4S. The van der Waals surface area contributed by atoms with Gasteiger partial charge in [0.25, 0.3) is 5.56 Å². The molecule has 7 rings (SSSR count). The van der Waals surface area contributed by atoms with Crippen LogP contribution in [0.4, 0.5) is 24.5 Å². The highest BCUT2D eigenvalue weighted by atomic mass is 32.1. The van der Waals surface area contributed by atoms with E-state index >= 15 is 0 Å². The van der Waals surface area contributed by atoms with Crippen molar-refractivity contribution in [1.29, 1.82) is 5.26 Å². The molecule has 16 heteroatoms. The highest BCUT2D eigenvalue weighted by Crippen LogP contribution is 2.43. The number of aromatic amines is 1. The summed E-state index contributed by atoms with van der Waals surface area (Å²) in [5, 5.41) is 9.21. The molecule has 3 aliphatic rings. The predicted octanol–water partition coefficient (Wildman–Crippen LogP) is 5.00. The summed E-state index contributed by atoms with van der Waals surface area (Å²) in [5.74, 6) is -0.132. The van der Waals surface area contributed by atoms with E-state index in [1.807, 2.05) is 12.3 Å². The van der Waals surface area contributed by atoms with Gasteiger partial charge in [0.15, 0.2) is 5.78 Å². The molecule has 2 aromatic carbocycles. The lowest BCUT2D eigenvalue weighted by Crippen LogP contribution is -2.49. The number of nitrogens with zero attached hydrogens (tertiary/aromatic N) is 7. The number of alkyl halides is 3. The van der Waals surface area contributed by atoms with Gasteiger partial charge in [0, 0.05) is 70.3 Å². The number of H-pyrrole nitrogens is 1. The summed E-state index contributed by atoms with van der Waals surface area (Å²) in [5.41, 5.74) is -1.34. The van der Waals surface area contributed by atoms with Gasteiger partial charge in [0.05, 0.1) is 57.4 Å². The zero-order valence-corrected chi connectivity index (χ0v) is 32.5. The van der Waals surface area contributed by atoms with Crippen LogP contribution in [0.1, 0.15) is 49.3 Å². The Morgan fingerprint density at radius 1 is 0.912 bits per heavy atom. The van der Waals surface area contributed by atoms with Gasteiger partial charge in [-0.3, -0.25) is 29.0 Å². The number of ether oxygens (including phenoxy) is 1. The number of benzene rings is 2. The zero-order chi connectivity index (χ0) is 40.5. The summed E-state index contributed by atoms with van der Waals surface area (Å²) in [4.78, 5) is 53.1. The first-order chi connectivity index (χ1) is 27.2.